The fourth-order valence-corrected chi connectivity index (χ4v) is 1.38. The van der Waals surface area contributed by atoms with Gasteiger partial charge in [-0.3, -0.25) is 9.59 Å². The molecule has 0 aliphatic heterocycles. The number of carbonyl (C=O) groups is 2. The molecule has 4 heteroatoms. The van der Waals surface area contributed by atoms with Gasteiger partial charge >= 0.3 is 0 Å². The third kappa shape index (κ3) is 4.57. The van der Waals surface area contributed by atoms with Crippen molar-refractivity contribution in [1.29, 1.82) is 0 Å². The summed E-state index contributed by atoms with van der Waals surface area (Å²) < 4.78 is 0. The maximum Gasteiger partial charge on any atom is 0.227 e. The zero-order valence-electron chi connectivity index (χ0n) is 11.1. The smallest absolute Gasteiger partial charge is 0.227 e. The summed E-state index contributed by atoms with van der Waals surface area (Å²) in [6.45, 7) is 5.89. The SMILES string of the molecule is CC[C@H](C)C(=O)Nc1ccc(CNC(C)=O)cc1. The van der Waals surface area contributed by atoms with E-state index >= 15 is 0 Å². The first kappa shape index (κ1) is 14.2. The molecule has 0 heterocycles. The summed E-state index contributed by atoms with van der Waals surface area (Å²) in [6, 6.07) is 7.47. The molecule has 1 atom stereocenters. The summed E-state index contributed by atoms with van der Waals surface area (Å²) in [4.78, 5) is 22.4. The van der Waals surface area contributed by atoms with Gasteiger partial charge in [-0.2, -0.15) is 0 Å². The van der Waals surface area contributed by atoms with Gasteiger partial charge in [0, 0.05) is 25.1 Å². The van der Waals surface area contributed by atoms with Gasteiger partial charge in [-0.1, -0.05) is 26.0 Å². The molecule has 4 nitrogen and oxygen atoms in total. The second kappa shape index (κ2) is 6.79. The molecular weight excluding hydrogens is 228 g/mol. The minimum atomic E-state index is -0.0517. The lowest BCUT2D eigenvalue weighted by Crippen LogP contribution is -2.20. The maximum absolute atomic E-state index is 11.7. The second-order valence-corrected chi connectivity index (χ2v) is 4.41. The lowest BCUT2D eigenvalue weighted by Gasteiger charge is -2.10. The average molecular weight is 248 g/mol. The molecule has 2 amide bonds. The van der Waals surface area contributed by atoms with Gasteiger partial charge in [-0.15, -0.1) is 0 Å². The number of hydrogen-bond donors (Lipinski definition) is 2. The molecule has 0 saturated carbocycles. The Bertz CT molecular complexity index is 412. The van der Waals surface area contributed by atoms with E-state index in [4.69, 9.17) is 0 Å². The molecule has 0 saturated heterocycles. The molecule has 1 aromatic carbocycles. The fourth-order valence-electron chi connectivity index (χ4n) is 1.38. The van der Waals surface area contributed by atoms with Crippen LogP contribution in [0.25, 0.3) is 0 Å². The van der Waals surface area contributed by atoms with Crippen molar-refractivity contribution in [1.82, 2.24) is 5.32 Å². The van der Waals surface area contributed by atoms with E-state index in [1.807, 2.05) is 38.1 Å². The summed E-state index contributed by atoms with van der Waals surface area (Å²) in [5.74, 6) is 0.000293. The molecule has 0 fully saturated rings. The second-order valence-electron chi connectivity index (χ2n) is 4.41. The molecule has 0 spiro atoms. The van der Waals surface area contributed by atoms with Crippen LogP contribution in [0.2, 0.25) is 0 Å². The van der Waals surface area contributed by atoms with E-state index in [1.165, 1.54) is 6.92 Å². The molecule has 0 unspecified atom stereocenters. The van der Waals surface area contributed by atoms with Crippen LogP contribution in [0, 0.1) is 5.92 Å². The number of amides is 2. The highest BCUT2D eigenvalue weighted by Crippen LogP contribution is 2.12. The van der Waals surface area contributed by atoms with Gasteiger partial charge in [0.2, 0.25) is 11.8 Å². The Morgan fingerprint density at radius 3 is 2.33 bits per heavy atom. The first-order chi connectivity index (χ1) is 8.52. The average Bonchev–Trinajstić information content (AvgIpc) is 2.36. The third-order valence-electron chi connectivity index (χ3n) is 2.82. The Hall–Kier alpha value is -1.84. The van der Waals surface area contributed by atoms with E-state index in [1.54, 1.807) is 0 Å². The third-order valence-corrected chi connectivity index (χ3v) is 2.82. The molecule has 1 rings (SSSR count). The van der Waals surface area contributed by atoms with Crippen molar-refractivity contribution >= 4 is 17.5 Å². The molecule has 98 valence electrons. The van der Waals surface area contributed by atoms with E-state index in [0.717, 1.165) is 17.7 Å². The van der Waals surface area contributed by atoms with E-state index in [2.05, 4.69) is 10.6 Å². The molecule has 1 aromatic rings. The highest BCUT2D eigenvalue weighted by molar-refractivity contribution is 5.92. The highest BCUT2D eigenvalue weighted by Gasteiger charge is 2.10. The van der Waals surface area contributed by atoms with E-state index in [-0.39, 0.29) is 17.7 Å². The minimum absolute atomic E-state index is 0.0176. The summed E-state index contributed by atoms with van der Waals surface area (Å²) in [5, 5.41) is 5.58. The van der Waals surface area contributed by atoms with Crippen molar-refractivity contribution in [2.24, 2.45) is 5.92 Å². The van der Waals surface area contributed by atoms with E-state index in [9.17, 15) is 9.59 Å². The number of nitrogens with one attached hydrogen (secondary N) is 2. The van der Waals surface area contributed by atoms with Crippen molar-refractivity contribution in [3.63, 3.8) is 0 Å². The summed E-state index contributed by atoms with van der Waals surface area (Å²) in [5.41, 5.74) is 1.79. The molecule has 0 bridgehead atoms. The molecule has 0 aliphatic carbocycles. The number of benzene rings is 1. The summed E-state index contributed by atoms with van der Waals surface area (Å²) in [6.07, 6.45) is 0.826. The van der Waals surface area contributed by atoms with E-state index in [0.29, 0.717) is 6.54 Å². The lowest BCUT2D eigenvalue weighted by atomic mass is 10.1. The van der Waals surface area contributed by atoms with Gasteiger partial charge in [-0.05, 0) is 24.1 Å². The summed E-state index contributed by atoms with van der Waals surface area (Å²) in [7, 11) is 0. The zero-order chi connectivity index (χ0) is 13.5. The van der Waals surface area contributed by atoms with Crippen LogP contribution in [0.1, 0.15) is 32.8 Å². The highest BCUT2D eigenvalue weighted by atomic mass is 16.2. The zero-order valence-corrected chi connectivity index (χ0v) is 11.1. The fraction of sp³-hybridized carbons (Fsp3) is 0.429. The van der Waals surface area contributed by atoms with Crippen molar-refractivity contribution in [3.05, 3.63) is 29.8 Å². The Balaban J connectivity index is 2.55. The maximum atomic E-state index is 11.7. The Kier molecular flexibility index (Phi) is 5.36. The van der Waals surface area contributed by atoms with Crippen molar-refractivity contribution in [2.75, 3.05) is 5.32 Å². The van der Waals surface area contributed by atoms with Crippen LogP contribution >= 0.6 is 0 Å². The molecule has 18 heavy (non-hydrogen) atoms. The van der Waals surface area contributed by atoms with Crippen molar-refractivity contribution in [2.45, 2.75) is 33.7 Å². The Labute approximate surface area is 108 Å². The molecular formula is C14H20N2O2. The largest absolute Gasteiger partial charge is 0.352 e. The van der Waals surface area contributed by atoms with Crippen LogP contribution < -0.4 is 10.6 Å². The van der Waals surface area contributed by atoms with Gasteiger partial charge in [0.1, 0.15) is 0 Å². The van der Waals surface area contributed by atoms with E-state index < -0.39 is 0 Å². The predicted octanol–water partition coefficient (Wildman–Crippen LogP) is 2.31. The van der Waals surface area contributed by atoms with Gasteiger partial charge in [-0.25, -0.2) is 0 Å². The van der Waals surface area contributed by atoms with Crippen molar-refractivity contribution in [3.8, 4) is 0 Å². The number of rotatable bonds is 5. The number of hydrogen-bond acceptors (Lipinski definition) is 2. The summed E-state index contributed by atoms with van der Waals surface area (Å²) >= 11 is 0. The molecule has 2 N–H and O–H groups in total. The number of carbonyl (C=O) groups excluding carboxylic acids is 2. The monoisotopic (exact) mass is 248 g/mol. The topological polar surface area (TPSA) is 58.2 Å². The Morgan fingerprint density at radius 1 is 1.22 bits per heavy atom. The van der Waals surface area contributed by atoms with Crippen LogP contribution in [0.15, 0.2) is 24.3 Å². The lowest BCUT2D eigenvalue weighted by molar-refractivity contribution is -0.120. The van der Waals surface area contributed by atoms with Crippen LogP contribution in [0.4, 0.5) is 5.69 Å². The van der Waals surface area contributed by atoms with Crippen molar-refractivity contribution < 1.29 is 9.59 Å². The quantitative estimate of drug-likeness (QED) is 0.840. The Morgan fingerprint density at radius 2 is 1.83 bits per heavy atom. The van der Waals surface area contributed by atoms with Crippen LogP contribution in [0.3, 0.4) is 0 Å². The van der Waals surface area contributed by atoms with Gasteiger partial charge < -0.3 is 10.6 Å². The molecule has 0 aromatic heterocycles. The van der Waals surface area contributed by atoms with Gasteiger partial charge in [0.15, 0.2) is 0 Å². The molecule has 0 aliphatic rings. The van der Waals surface area contributed by atoms with Gasteiger partial charge in [0.25, 0.3) is 0 Å². The minimum Gasteiger partial charge on any atom is -0.352 e. The number of anilines is 1. The van der Waals surface area contributed by atoms with Crippen LogP contribution in [-0.2, 0) is 16.1 Å². The normalized spacial score (nSPS) is 11.7. The first-order valence-corrected chi connectivity index (χ1v) is 6.17. The molecule has 0 radical (unpaired) electrons. The first-order valence-electron chi connectivity index (χ1n) is 6.17. The van der Waals surface area contributed by atoms with Crippen LogP contribution in [-0.4, -0.2) is 11.8 Å². The predicted molar refractivity (Wildman–Crippen MR) is 72.0 cm³/mol. The van der Waals surface area contributed by atoms with Crippen LogP contribution in [0.5, 0.6) is 0 Å². The standard InChI is InChI=1S/C14H20N2O2/c1-4-10(2)14(18)16-13-7-5-12(6-8-13)9-15-11(3)17/h5-8,10H,4,9H2,1-3H3,(H,15,17)(H,16,18)/t10-/m0/s1. The van der Waals surface area contributed by atoms with Gasteiger partial charge in [0.05, 0.1) is 0 Å².